The molecule has 22 N–H and O–H groups in total. The van der Waals surface area contributed by atoms with E-state index in [1.807, 2.05) is 27.7 Å². The highest BCUT2D eigenvalue weighted by Crippen LogP contribution is 2.13. The fourth-order valence-corrected chi connectivity index (χ4v) is 8.14. The molecule has 0 aromatic rings. The van der Waals surface area contributed by atoms with Crippen molar-refractivity contribution in [2.45, 2.75) is 180 Å². The number of primary amides is 1. The SMILES string of the molecule is CC(C)C[C@H](NC(=O)CN)C(=O)N[C@@H](CC(C)C)C(=O)N[C@@H](CCCCN)C(=O)N[C@@H](CCCN=C(N)N)C(=O)N[C@@H](CS)C(=O)N[C@@H](CCCCN)C(=O)N[C@H](C(=O)N[C@@H](CC(C)C)C(=O)N[C@@H](CS)C(N)=O)[C@@H](C)O. The fraction of sp³-hybridized carbons (Fsp3) is 0.771. The Bertz CT molecular complexity index is 1930. The maximum atomic E-state index is 14.2. The Kier molecular flexibility index (Phi) is 36.2. The molecule has 0 radical (unpaired) electrons. The van der Waals surface area contributed by atoms with Gasteiger partial charge in [0.2, 0.25) is 59.1 Å². The molecular formula is C48H92N16O11S2. The van der Waals surface area contributed by atoms with Crippen molar-refractivity contribution in [3.05, 3.63) is 0 Å². The third-order valence-electron chi connectivity index (χ3n) is 11.7. The summed E-state index contributed by atoms with van der Waals surface area (Å²) >= 11 is 8.34. The average molecular weight is 1130 g/mol. The number of rotatable bonds is 40. The summed E-state index contributed by atoms with van der Waals surface area (Å²) in [6, 6.07) is -11.6. The summed E-state index contributed by atoms with van der Waals surface area (Å²) in [6.07, 6.45) is 0.660. The number of nitrogens with zero attached hydrogens (tertiary/aromatic N) is 1. The number of aliphatic imine (C=N–C) groups is 1. The standard InChI is InChI=1S/C48H92N16O11S2/c1-25(2)19-32(56-37(66)22-51)43(71)60-33(20-26(3)4)44(72)58-29(13-8-10-16-49)40(68)57-31(15-12-18-55-48(53)54)41(69)63-36(24-77)46(74)59-30(14-9-11-17-50)42(70)64-38(28(7)65)47(75)61-34(21-27(5)6)45(73)62-35(23-76)39(52)67/h25-36,38,65,76-77H,8-24,49-51H2,1-7H3,(H2,52,67)(H,56,66)(H,57,68)(H,58,72)(H,59,74)(H,60,71)(H,61,75)(H,62,73)(H,63,69)(H,64,70)(H4,53,54,55)/t28-,29+,30+,31+,32+,33+,34+,35+,36+,38+/m1/s1. The van der Waals surface area contributed by atoms with Gasteiger partial charge < -0.3 is 87.4 Å². The molecule has 0 aliphatic rings. The number of aliphatic hydroxyl groups excluding tert-OH is 1. The van der Waals surface area contributed by atoms with Crippen LogP contribution >= 0.6 is 25.3 Å². The second-order valence-corrected chi connectivity index (χ2v) is 20.9. The smallest absolute Gasteiger partial charge is 0.245 e. The van der Waals surface area contributed by atoms with Crippen LogP contribution in [-0.4, -0.2) is 168 Å². The minimum absolute atomic E-state index is 0.0153. The zero-order chi connectivity index (χ0) is 58.9. The number of hydrogen-bond acceptors (Lipinski definition) is 17. The Labute approximate surface area is 463 Å². The van der Waals surface area contributed by atoms with Crippen molar-refractivity contribution in [1.29, 1.82) is 0 Å². The number of nitrogens with two attached hydrogens (primary N) is 6. The van der Waals surface area contributed by atoms with Gasteiger partial charge in [-0.2, -0.15) is 25.3 Å². The van der Waals surface area contributed by atoms with Crippen LogP contribution in [0, 0.1) is 17.8 Å². The fourth-order valence-electron chi connectivity index (χ4n) is 7.61. The monoisotopic (exact) mass is 1130 g/mol. The lowest BCUT2D eigenvalue weighted by molar-refractivity contribution is -0.137. The van der Waals surface area contributed by atoms with Crippen molar-refractivity contribution in [3.63, 3.8) is 0 Å². The lowest BCUT2D eigenvalue weighted by Crippen LogP contribution is -2.62. The second-order valence-electron chi connectivity index (χ2n) is 20.2. The summed E-state index contributed by atoms with van der Waals surface area (Å²) < 4.78 is 0. The first-order chi connectivity index (χ1) is 36.1. The molecule has 0 rings (SSSR count). The summed E-state index contributed by atoms with van der Waals surface area (Å²) in [4.78, 5) is 139. The molecule has 0 aliphatic carbocycles. The first kappa shape index (κ1) is 71.5. The van der Waals surface area contributed by atoms with Crippen molar-refractivity contribution in [3.8, 4) is 0 Å². The van der Waals surface area contributed by atoms with Crippen molar-refractivity contribution < 1.29 is 53.1 Å². The van der Waals surface area contributed by atoms with E-state index in [0.29, 0.717) is 25.7 Å². The van der Waals surface area contributed by atoms with Crippen molar-refractivity contribution in [2.24, 2.45) is 57.1 Å². The zero-order valence-corrected chi connectivity index (χ0v) is 47.7. The van der Waals surface area contributed by atoms with E-state index in [1.54, 1.807) is 13.8 Å². The molecule has 29 heteroatoms. The summed E-state index contributed by atoms with van der Waals surface area (Å²) in [5, 5.41) is 34.0. The van der Waals surface area contributed by atoms with Gasteiger partial charge in [-0.3, -0.25) is 52.9 Å². The van der Waals surface area contributed by atoms with Gasteiger partial charge in [0.1, 0.15) is 54.4 Å². The second kappa shape index (κ2) is 39.0. The maximum Gasteiger partial charge on any atom is 0.245 e. The number of carbonyl (C=O) groups is 10. The maximum absolute atomic E-state index is 14.2. The molecule has 0 aromatic heterocycles. The number of thiol groups is 2. The molecule has 0 aromatic carbocycles. The molecular weight excluding hydrogens is 1040 g/mol. The quantitative estimate of drug-likeness (QED) is 0.0119. The Morgan fingerprint density at radius 3 is 1.10 bits per heavy atom. The van der Waals surface area contributed by atoms with E-state index in [1.165, 1.54) is 6.92 Å². The Morgan fingerprint density at radius 1 is 0.429 bits per heavy atom. The van der Waals surface area contributed by atoms with Crippen LogP contribution in [-0.2, 0) is 47.9 Å². The molecule has 10 amide bonds. The first-order valence-electron chi connectivity index (χ1n) is 26.2. The molecule has 0 aliphatic heterocycles. The van der Waals surface area contributed by atoms with Gasteiger partial charge in [0.25, 0.3) is 0 Å². The molecule has 0 saturated carbocycles. The molecule has 27 nitrogen and oxygen atoms in total. The number of hydrogen-bond donors (Lipinski definition) is 18. The first-order valence-corrected chi connectivity index (χ1v) is 27.5. The highest BCUT2D eigenvalue weighted by molar-refractivity contribution is 7.80. The van der Waals surface area contributed by atoms with Gasteiger partial charge in [-0.25, -0.2) is 0 Å². The minimum atomic E-state index is -1.65. The number of unbranched alkanes of at least 4 members (excludes halogenated alkanes) is 2. The lowest BCUT2D eigenvalue weighted by Gasteiger charge is -2.29. The van der Waals surface area contributed by atoms with E-state index in [4.69, 9.17) is 34.4 Å². The largest absolute Gasteiger partial charge is 0.391 e. The Morgan fingerprint density at radius 2 is 0.753 bits per heavy atom. The Hall–Kier alpha value is -5.49. The van der Waals surface area contributed by atoms with Crippen LogP contribution in [0.1, 0.15) is 119 Å². The van der Waals surface area contributed by atoms with Gasteiger partial charge in [-0.05, 0) is 108 Å². The lowest BCUT2D eigenvalue weighted by atomic mass is 9.99. The van der Waals surface area contributed by atoms with Crippen LogP contribution < -0.4 is 82.3 Å². The topological polar surface area (TPSA) is 468 Å². The molecule has 0 saturated heterocycles. The van der Waals surface area contributed by atoms with E-state index in [-0.39, 0.29) is 106 Å². The molecule has 0 fully saturated rings. The van der Waals surface area contributed by atoms with Gasteiger partial charge in [0.05, 0.1) is 12.6 Å². The van der Waals surface area contributed by atoms with Crippen LogP contribution in [0.4, 0.5) is 0 Å². The minimum Gasteiger partial charge on any atom is -0.391 e. The molecule has 0 heterocycles. The van der Waals surface area contributed by atoms with E-state index in [2.05, 4.69) is 78.1 Å². The molecule has 0 bridgehead atoms. The Balaban J connectivity index is 6.78. The van der Waals surface area contributed by atoms with Gasteiger partial charge >= 0.3 is 0 Å². The van der Waals surface area contributed by atoms with Crippen molar-refractivity contribution in [1.82, 2.24) is 47.9 Å². The normalized spacial score (nSPS) is 15.2. The van der Waals surface area contributed by atoms with E-state index in [9.17, 15) is 53.1 Å². The third-order valence-corrected chi connectivity index (χ3v) is 12.4. The van der Waals surface area contributed by atoms with E-state index in [0.717, 1.165) is 0 Å². The van der Waals surface area contributed by atoms with Crippen LogP contribution in [0.15, 0.2) is 4.99 Å². The summed E-state index contributed by atoms with van der Waals surface area (Å²) in [5.74, 6) is -8.87. The van der Waals surface area contributed by atoms with Crippen molar-refractivity contribution in [2.75, 3.05) is 37.7 Å². The van der Waals surface area contributed by atoms with Crippen molar-refractivity contribution >= 4 is 90.3 Å². The molecule has 0 unspecified atom stereocenters. The van der Waals surface area contributed by atoms with E-state index < -0.39 is 120 Å². The number of aliphatic hydroxyl groups is 1. The summed E-state index contributed by atoms with van der Waals surface area (Å²) in [5.41, 5.74) is 33.4. The highest BCUT2D eigenvalue weighted by atomic mass is 32.1. The predicted molar refractivity (Wildman–Crippen MR) is 299 cm³/mol. The number of nitrogens with one attached hydrogen (secondary N) is 9. The summed E-state index contributed by atoms with van der Waals surface area (Å²) in [7, 11) is 0. The molecule has 0 spiro atoms. The summed E-state index contributed by atoms with van der Waals surface area (Å²) in [6.45, 7) is 12.4. The predicted octanol–water partition coefficient (Wildman–Crippen LogP) is -4.52. The van der Waals surface area contributed by atoms with Crippen LogP contribution in [0.25, 0.3) is 0 Å². The number of carbonyl (C=O) groups excluding carboxylic acids is 10. The van der Waals surface area contributed by atoms with Gasteiger partial charge in [-0.1, -0.05) is 41.5 Å². The van der Waals surface area contributed by atoms with Crippen LogP contribution in [0.5, 0.6) is 0 Å². The molecule has 442 valence electrons. The van der Waals surface area contributed by atoms with E-state index >= 15 is 0 Å². The zero-order valence-electron chi connectivity index (χ0n) is 45.9. The highest BCUT2D eigenvalue weighted by Gasteiger charge is 2.36. The third kappa shape index (κ3) is 29.7. The molecule has 10 atom stereocenters. The van der Waals surface area contributed by atoms with Crippen LogP contribution in [0.3, 0.4) is 0 Å². The van der Waals surface area contributed by atoms with Gasteiger partial charge in [0.15, 0.2) is 5.96 Å². The van der Waals surface area contributed by atoms with Gasteiger partial charge in [0, 0.05) is 18.1 Å². The van der Waals surface area contributed by atoms with Crippen LogP contribution in [0.2, 0.25) is 0 Å². The number of amides is 10. The average Bonchev–Trinajstić information content (AvgIpc) is 3.34. The van der Waals surface area contributed by atoms with Gasteiger partial charge in [-0.15, -0.1) is 0 Å². The molecule has 77 heavy (non-hydrogen) atoms. The number of guanidine groups is 1.